The van der Waals surface area contributed by atoms with E-state index in [0.717, 1.165) is 18.0 Å². The highest BCUT2D eigenvalue weighted by atomic mass is 32.1. The van der Waals surface area contributed by atoms with Crippen LogP contribution in [0.2, 0.25) is 0 Å². The van der Waals surface area contributed by atoms with Crippen molar-refractivity contribution in [1.29, 1.82) is 0 Å². The van der Waals surface area contributed by atoms with Gasteiger partial charge < -0.3 is 5.32 Å². The second-order valence-electron chi connectivity index (χ2n) is 6.40. The molecule has 0 bridgehead atoms. The number of aromatic nitrogens is 4. The summed E-state index contributed by atoms with van der Waals surface area (Å²) in [6, 6.07) is 1.87. The van der Waals surface area contributed by atoms with E-state index in [-0.39, 0.29) is 30.1 Å². The summed E-state index contributed by atoms with van der Waals surface area (Å²) in [7, 11) is 0. The van der Waals surface area contributed by atoms with Crippen LogP contribution < -0.4 is 10.2 Å². The standard InChI is InChI=1S/C16H22N6O2S/c1-11(2)15-19-20-16(25-15)22-10-12(9-13(22)23)14(24)17-5-3-7-21-8-4-6-18-21/h4,6,8,11-12H,3,5,7,9-10H2,1-2H3,(H,17,24). The first kappa shape index (κ1) is 17.5. The first-order valence-electron chi connectivity index (χ1n) is 8.43. The van der Waals surface area contributed by atoms with Crippen LogP contribution in [0.4, 0.5) is 5.13 Å². The lowest BCUT2D eigenvalue weighted by Gasteiger charge is -2.12. The summed E-state index contributed by atoms with van der Waals surface area (Å²) in [6.45, 7) is 5.77. The highest BCUT2D eigenvalue weighted by Crippen LogP contribution is 2.30. The molecule has 1 aliphatic heterocycles. The van der Waals surface area contributed by atoms with E-state index in [9.17, 15) is 9.59 Å². The van der Waals surface area contributed by atoms with Crippen LogP contribution >= 0.6 is 11.3 Å². The van der Waals surface area contributed by atoms with E-state index >= 15 is 0 Å². The van der Waals surface area contributed by atoms with Crippen molar-refractivity contribution in [2.75, 3.05) is 18.0 Å². The first-order chi connectivity index (χ1) is 12.0. The minimum absolute atomic E-state index is 0.0665. The minimum Gasteiger partial charge on any atom is -0.356 e. The third-order valence-electron chi connectivity index (χ3n) is 4.07. The molecule has 0 spiro atoms. The van der Waals surface area contributed by atoms with Crippen molar-refractivity contribution < 1.29 is 9.59 Å². The Morgan fingerprint density at radius 1 is 1.44 bits per heavy atom. The second kappa shape index (κ2) is 7.73. The van der Waals surface area contributed by atoms with Gasteiger partial charge in [-0.2, -0.15) is 5.10 Å². The molecule has 0 saturated carbocycles. The summed E-state index contributed by atoms with van der Waals surface area (Å²) in [4.78, 5) is 26.1. The van der Waals surface area contributed by atoms with Gasteiger partial charge in [0.05, 0.1) is 5.92 Å². The van der Waals surface area contributed by atoms with Crippen molar-refractivity contribution in [1.82, 2.24) is 25.3 Å². The SMILES string of the molecule is CC(C)c1nnc(N2CC(C(=O)NCCCn3cccn3)CC2=O)s1. The Labute approximate surface area is 150 Å². The van der Waals surface area contributed by atoms with Gasteiger partial charge in [-0.15, -0.1) is 10.2 Å². The van der Waals surface area contributed by atoms with E-state index in [4.69, 9.17) is 0 Å². The Hall–Kier alpha value is -2.29. The maximum Gasteiger partial charge on any atom is 0.229 e. The fraction of sp³-hybridized carbons (Fsp3) is 0.562. The molecule has 1 atom stereocenters. The predicted octanol–water partition coefficient (Wildman–Crippen LogP) is 1.42. The molecular formula is C16H22N6O2S. The predicted molar refractivity (Wildman–Crippen MR) is 94.3 cm³/mol. The van der Waals surface area contributed by atoms with E-state index in [1.807, 2.05) is 30.8 Å². The smallest absolute Gasteiger partial charge is 0.229 e. The summed E-state index contributed by atoms with van der Waals surface area (Å²) >= 11 is 1.42. The van der Waals surface area contributed by atoms with E-state index in [1.54, 1.807) is 11.1 Å². The van der Waals surface area contributed by atoms with Crippen molar-refractivity contribution in [3.05, 3.63) is 23.5 Å². The molecule has 1 saturated heterocycles. The molecule has 0 radical (unpaired) electrons. The van der Waals surface area contributed by atoms with Crippen LogP contribution in [0.15, 0.2) is 18.5 Å². The van der Waals surface area contributed by atoms with Gasteiger partial charge in [-0.3, -0.25) is 19.2 Å². The average molecular weight is 362 g/mol. The van der Waals surface area contributed by atoms with Crippen molar-refractivity contribution in [2.24, 2.45) is 5.92 Å². The molecule has 2 amide bonds. The fourth-order valence-electron chi connectivity index (χ4n) is 2.67. The number of aryl methyl sites for hydroxylation is 1. The summed E-state index contributed by atoms with van der Waals surface area (Å²) < 4.78 is 1.83. The van der Waals surface area contributed by atoms with Gasteiger partial charge in [-0.05, 0) is 12.5 Å². The summed E-state index contributed by atoms with van der Waals surface area (Å²) in [6.07, 6.45) is 4.64. The molecule has 1 N–H and O–H groups in total. The van der Waals surface area contributed by atoms with E-state index in [2.05, 4.69) is 20.6 Å². The number of nitrogens with zero attached hydrogens (tertiary/aromatic N) is 5. The molecule has 134 valence electrons. The summed E-state index contributed by atoms with van der Waals surface area (Å²) in [5.74, 6) is -0.200. The fourth-order valence-corrected chi connectivity index (χ4v) is 3.54. The molecule has 0 aromatic carbocycles. The third kappa shape index (κ3) is 4.22. The molecule has 1 fully saturated rings. The first-order valence-corrected chi connectivity index (χ1v) is 9.25. The lowest BCUT2D eigenvalue weighted by Crippen LogP contribution is -2.33. The van der Waals surface area contributed by atoms with Crippen molar-refractivity contribution in [2.45, 2.75) is 39.2 Å². The molecule has 25 heavy (non-hydrogen) atoms. The Morgan fingerprint density at radius 2 is 2.28 bits per heavy atom. The number of carbonyl (C=O) groups is 2. The highest BCUT2D eigenvalue weighted by molar-refractivity contribution is 7.15. The van der Waals surface area contributed by atoms with Gasteiger partial charge in [0.15, 0.2) is 0 Å². The third-order valence-corrected chi connectivity index (χ3v) is 5.32. The monoisotopic (exact) mass is 362 g/mol. The number of hydrogen-bond donors (Lipinski definition) is 1. The second-order valence-corrected chi connectivity index (χ2v) is 7.38. The quantitative estimate of drug-likeness (QED) is 0.752. The lowest BCUT2D eigenvalue weighted by molar-refractivity contribution is -0.126. The van der Waals surface area contributed by atoms with E-state index < -0.39 is 0 Å². The Morgan fingerprint density at radius 3 is 2.96 bits per heavy atom. The number of hydrogen-bond acceptors (Lipinski definition) is 6. The van der Waals surface area contributed by atoms with Gasteiger partial charge in [-0.25, -0.2) is 0 Å². The average Bonchev–Trinajstić information content (AvgIpc) is 3.31. The van der Waals surface area contributed by atoms with Crippen molar-refractivity contribution in [3.8, 4) is 0 Å². The zero-order valence-corrected chi connectivity index (χ0v) is 15.2. The van der Waals surface area contributed by atoms with Gasteiger partial charge in [0.1, 0.15) is 5.01 Å². The molecule has 9 heteroatoms. The molecule has 1 aliphatic rings. The topological polar surface area (TPSA) is 93.0 Å². The van der Waals surface area contributed by atoms with Gasteiger partial charge in [0, 0.05) is 44.4 Å². The van der Waals surface area contributed by atoms with Gasteiger partial charge in [0.25, 0.3) is 0 Å². The number of nitrogens with one attached hydrogen (secondary N) is 1. The van der Waals surface area contributed by atoms with Gasteiger partial charge in [0.2, 0.25) is 16.9 Å². The van der Waals surface area contributed by atoms with Crippen LogP contribution in [0, 0.1) is 5.92 Å². The Bertz CT molecular complexity index is 727. The number of amides is 2. The highest BCUT2D eigenvalue weighted by Gasteiger charge is 2.36. The molecule has 2 aromatic rings. The molecule has 2 aromatic heterocycles. The summed E-state index contributed by atoms with van der Waals surface area (Å²) in [5.41, 5.74) is 0. The molecule has 3 rings (SSSR count). The number of rotatable bonds is 7. The van der Waals surface area contributed by atoms with Crippen LogP contribution in [-0.4, -0.2) is 44.9 Å². The van der Waals surface area contributed by atoms with Crippen LogP contribution in [0.25, 0.3) is 0 Å². The molecule has 3 heterocycles. The minimum atomic E-state index is -0.330. The van der Waals surface area contributed by atoms with E-state index in [0.29, 0.717) is 18.2 Å². The maximum atomic E-state index is 12.3. The van der Waals surface area contributed by atoms with Crippen LogP contribution in [0.3, 0.4) is 0 Å². The largest absolute Gasteiger partial charge is 0.356 e. The Kier molecular flexibility index (Phi) is 5.42. The number of anilines is 1. The van der Waals surface area contributed by atoms with Crippen LogP contribution in [-0.2, 0) is 16.1 Å². The zero-order valence-electron chi connectivity index (χ0n) is 14.4. The van der Waals surface area contributed by atoms with Gasteiger partial charge in [-0.1, -0.05) is 25.2 Å². The Balaban J connectivity index is 1.48. The number of carbonyl (C=O) groups excluding carboxylic acids is 2. The normalized spacial score (nSPS) is 17.5. The molecule has 0 aliphatic carbocycles. The zero-order chi connectivity index (χ0) is 17.8. The van der Waals surface area contributed by atoms with Crippen LogP contribution in [0.1, 0.15) is 37.6 Å². The molecular weight excluding hydrogens is 340 g/mol. The van der Waals surface area contributed by atoms with E-state index in [1.165, 1.54) is 11.3 Å². The van der Waals surface area contributed by atoms with Crippen LogP contribution in [0.5, 0.6) is 0 Å². The van der Waals surface area contributed by atoms with Gasteiger partial charge >= 0.3 is 0 Å². The van der Waals surface area contributed by atoms with Crippen molar-refractivity contribution >= 4 is 28.3 Å². The van der Waals surface area contributed by atoms with Crippen molar-refractivity contribution in [3.63, 3.8) is 0 Å². The lowest BCUT2D eigenvalue weighted by atomic mass is 10.1. The molecule has 8 nitrogen and oxygen atoms in total. The molecule has 1 unspecified atom stereocenters. The maximum absolute atomic E-state index is 12.3. The summed E-state index contributed by atoms with van der Waals surface area (Å²) in [5, 5.41) is 16.7.